The molecule has 0 aliphatic heterocycles. The second kappa shape index (κ2) is 2.87. The fourth-order valence-electron chi connectivity index (χ4n) is 0. The van der Waals surface area contributed by atoms with Crippen LogP contribution in [0.3, 0.4) is 0 Å². The summed E-state index contributed by atoms with van der Waals surface area (Å²) in [6.45, 7) is 0. The van der Waals surface area contributed by atoms with Gasteiger partial charge in [0.15, 0.2) is 0 Å². The van der Waals surface area contributed by atoms with Crippen LogP contribution in [0.15, 0.2) is 0 Å². The Labute approximate surface area is 49.5 Å². The average Bonchev–Trinajstić information content (AvgIpc) is 0.722. The van der Waals surface area contributed by atoms with Gasteiger partial charge in [-0.05, 0) is 0 Å². The Bertz CT molecular complexity index is 23.0. The maximum absolute atomic E-state index is 8.60. The van der Waals surface area contributed by atoms with Crippen LogP contribution >= 0.6 is 0 Å². The van der Waals surface area contributed by atoms with Crippen LogP contribution in [0.4, 0.5) is 0 Å². The largest absolute Gasteiger partial charge is 0.183 e. The van der Waals surface area contributed by atoms with Crippen molar-refractivity contribution in [3.05, 3.63) is 0 Å². The minimum atomic E-state index is -4.69. The standard InChI is InChI=1S/ClHO4.Ir/c2-1(3,4)5;/h(H,2,3,4,5);. The first-order valence-corrected chi connectivity index (χ1v) is 1.90. The molecule has 6 heteroatoms. The molecule has 0 unspecified atom stereocenters. The predicted octanol–water partition coefficient (Wildman–Crippen LogP) is -4.13. The maximum Gasteiger partial charge on any atom is 0.0777 e. The molecular weight excluding hydrogens is 292 g/mol. The van der Waals surface area contributed by atoms with Gasteiger partial charge in [0, 0.05) is 20.1 Å². The van der Waals surface area contributed by atoms with Gasteiger partial charge in [0.25, 0.3) is 0 Å². The Morgan fingerprint density at radius 2 is 1.17 bits per heavy atom. The van der Waals surface area contributed by atoms with Crippen LogP contribution < -0.4 is 14.0 Å². The Morgan fingerprint density at radius 1 is 1.17 bits per heavy atom. The molecule has 0 saturated carbocycles. The van der Waals surface area contributed by atoms with E-state index in [1.165, 1.54) is 0 Å². The maximum atomic E-state index is 8.60. The summed E-state index contributed by atoms with van der Waals surface area (Å²) in [5, 5.41) is 0. The van der Waals surface area contributed by atoms with Crippen molar-refractivity contribution in [3.63, 3.8) is 0 Å². The van der Waals surface area contributed by atoms with Gasteiger partial charge in [-0.3, -0.25) is 0 Å². The van der Waals surface area contributed by atoms with E-state index in [1.807, 2.05) is 0 Å². The molecule has 0 aliphatic carbocycles. The third-order valence-corrected chi connectivity index (χ3v) is 0. The molecule has 0 amide bonds. The van der Waals surface area contributed by atoms with Crippen LogP contribution in [0.5, 0.6) is 0 Å². The van der Waals surface area contributed by atoms with Gasteiger partial charge in [-0.2, -0.15) is 14.0 Å². The number of hydrogen-bond donors (Lipinski definition) is 1. The van der Waals surface area contributed by atoms with Crippen LogP contribution in [-0.2, 0) is 20.1 Å². The topological polar surface area (TPSA) is 89.4 Å². The van der Waals surface area contributed by atoms with E-state index in [2.05, 4.69) is 0 Å². The number of rotatable bonds is 0. The summed E-state index contributed by atoms with van der Waals surface area (Å²) >= 11 is 0. The molecule has 0 aromatic carbocycles. The van der Waals surface area contributed by atoms with E-state index in [0.29, 0.717) is 0 Å². The third kappa shape index (κ3) is 112. The molecule has 0 spiro atoms. The van der Waals surface area contributed by atoms with Gasteiger partial charge in [0.1, 0.15) is 0 Å². The summed E-state index contributed by atoms with van der Waals surface area (Å²) in [7, 11) is -4.69. The summed E-state index contributed by atoms with van der Waals surface area (Å²) < 4.78 is 32.7. The summed E-state index contributed by atoms with van der Waals surface area (Å²) in [6, 6.07) is 0. The van der Waals surface area contributed by atoms with E-state index in [4.69, 9.17) is 18.6 Å². The molecule has 0 atom stereocenters. The van der Waals surface area contributed by atoms with Gasteiger partial charge in [-0.1, -0.05) is 0 Å². The molecule has 0 aliphatic rings. The van der Waals surface area contributed by atoms with Gasteiger partial charge in [-0.25, -0.2) is 0 Å². The zero-order valence-electron chi connectivity index (χ0n) is 2.38. The van der Waals surface area contributed by atoms with E-state index in [9.17, 15) is 0 Å². The number of halogens is 1. The van der Waals surface area contributed by atoms with E-state index in [-0.39, 0.29) is 20.1 Å². The molecule has 0 heterocycles. The fraction of sp³-hybridized carbons (Fsp3) is 0. The van der Waals surface area contributed by atoms with E-state index in [1.54, 1.807) is 0 Å². The van der Waals surface area contributed by atoms with Crippen LogP contribution in [0.2, 0.25) is 0 Å². The Morgan fingerprint density at radius 3 is 1.17 bits per heavy atom. The van der Waals surface area contributed by atoms with Gasteiger partial charge in [-0.15, -0.1) is 0 Å². The van der Waals surface area contributed by atoms with E-state index in [0.717, 1.165) is 0 Å². The Kier molecular flexibility index (Phi) is 4.75. The molecule has 0 aromatic heterocycles. The second-order valence-electron chi connectivity index (χ2n) is 0.396. The second-order valence-corrected chi connectivity index (χ2v) is 1.19. The monoisotopic (exact) mass is 293 g/mol. The van der Waals surface area contributed by atoms with Gasteiger partial charge in [0.05, 0.1) is 14.9 Å². The quantitative estimate of drug-likeness (QED) is 0.491. The minimum absolute atomic E-state index is 0. The Hall–Kier alpha value is 0.779. The van der Waals surface area contributed by atoms with Crippen molar-refractivity contribution < 1.29 is 49.0 Å². The van der Waals surface area contributed by atoms with Crippen LogP contribution in [0.1, 0.15) is 0 Å². The van der Waals surface area contributed by atoms with E-state index >= 15 is 0 Å². The zero-order chi connectivity index (χ0) is 4.50. The molecule has 1 N–H and O–H groups in total. The smallest absolute Gasteiger partial charge is 0.0777 e. The van der Waals surface area contributed by atoms with Crippen molar-refractivity contribution in [2.24, 2.45) is 0 Å². The number of hydrogen-bond acceptors (Lipinski definition) is 4. The van der Waals surface area contributed by atoms with Crippen LogP contribution in [-0.4, -0.2) is 4.66 Å². The molecule has 0 aromatic rings. The Balaban J connectivity index is 0. The predicted molar refractivity (Wildman–Crippen MR) is 2.22 cm³/mol. The van der Waals surface area contributed by atoms with Gasteiger partial charge < -0.3 is 0 Å². The SMILES string of the molecule is [Ir].[O-][Cl+3]([O-])([O-])O. The summed E-state index contributed by atoms with van der Waals surface area (Å²) in [5.41, 5.74) is 0. The first-order valence-electron chi connectivity index (χ1n) is 0.632. The van der Waals surface area contributed by atoms with Crippen molar-refractivity contribution in [3.8, 4) is 0 Å². The molecule has 0 fully saturated rings. The molecule has 4 nitrogen and oxygen atoms in total. The molecule has 0 rings (SSSR count). The third-order valence-electron chi connectivity index (χ3n) is 0. The molecule has 0 saturated heterocycles. The fourth-order valence-corrected chi connectivity index (χ4v) is 0. The minimum Gasteiger partial charge on any atom is -0.183 e. The average molecular weight is 293 g/mol. The molecule has 0 bridgehead atoms. The molecule has 41 valence electrons. The molecule has 1 radical (unpaired) electrons. The zero-order valence-corrected chi connectivity index (χ0v) is 5.53. The van der Waals surface area contributed by atoms with Gasteiger partial charge >= 0.3 is 0 Å². The van der Waals surface area contributed by atoms with Crippen molar-refractivity contribution >= 4 is 0 Å². The van der Waals surface area contributed by atoms with Crippen molar-refractivity contribution in [1.29, 1.82) is 0 Å². The van der Waals surface area contributed by atoms with Crippen molar-refractivity contribution in [1.82, 2.24) is 0 Å². The first-order chi connectivity index (χ1) is 2.00. The van der Waals surface area contributed by atoms with E-state index < -0.39 is 10.2 Å². The summed E-state index contributed by atoms with van der Waals surface area (Å²) in [5.74, 6) is 0. The van der Waals surface area contributed by atoms with Gasteiger partial charge in [0.2, 0.25) is 0 Å². The molecular formula is HClIrO4. The van der Waals surface area contributed by atoms with Crippen molar-refractivity contribution in [2.45, 2.75) is 0 Å². The first kappa shape index (κ1) is 9.91. The van der Waals surface area contributed by atoms with Crippen LogP contribution in [0, 0.1) is 10.2 Å². The van der Waals surface area contributed by atoms with Crippen molar-refractivity contribution in [2.75, 3.05) is 0 Å². The summed E-state index contributed by atoms with van der Waals surface area (Å²) in [4.78, 5) is 0. The summed E-state index contributed by atoms with van der Waals surface area (Å²) in [6.07, 6.45) is 0. The normalized spacial score (nSPS) is 10.0. The molecule has 6 heavy (non-hydrogen) atoms. The van der Waals surface area contributed by atoms with Crippen LogP contribution in [0.25, 0.3) is 0 Å².